The molecule has 47 valence electrons. The molecule has 0 aliphatic carbocycles. The standard InChI is InChI=1S/C5H9O3/c1-3-4(6)5(7)8-2/h4H,3H2,1-2H3. The molecular weight excluding hydrogens is 108 g/mol. The van der Waals surface area contributed by atoms with E-state index in [9.17, 15) is 9.90 Å². The van der Waals surface area contributed by atoms with Crippen LogP contribution >= 0.6 is 0 Å². The first-order chi connectivity index (χ1) is 3.72. The van der Waals surface area contributed by atoms with Crippen LogP contribution in [0.3, 0.4) is 0 Å². The second-order valence-electron chi connectivity index (χ2n) is 1.42. The molecule has 0 saturated heterocycles. The Labute approximate surface area is 48.3 Å². The lowest BCUT2D eigenvalue weighted by atomic mass is 10.3. The smallest absolute Gasteiger partial charge is 0.338 e. The average molecular weight is 117 g/mol. The summed E-state index contributed by atoms with van der Waals surface area (Å²) in [5, 5.41) is 10.4. The molecule has 0 aliphatic heterocycles. The number of carbonyl (C=O) groups excluding carboxylic acids is 1. The van der Waals surface area contributed by atoms with Crippen molar-refractivity contribution in [2.45, 2.75) is 19.4 Å². The molecule has 0 amide bonds. The van der Waals surface area contributed by atoms with E-state index in [0.29, 0.717) is 6.42 Å². The Morgan fingerprint density at radius 2 is 2.25 bits per heavy atom. The van der Waals surface area contributed by atoms with Gasteiger partial charge in [-0.25, -0.2) is 9.90 Å². The van der Waals surface area contributed by atoms with E-state index in [1.807, 2.05) is 0 Å². The van der Waals surface area contributed by atoms with Crippen LogP contribution in [0.25, 0.3) is 0 Å². The van der Waals surface area contributed by atoms with Crippen LogP contribution in [-0.2, 0) is 14.6 Å². The van der Waals surface area contributed by atoms with E-state index in [1.54, 1.807) is 6.92 Å². The fraction of sp³-hybridized carbons (Fsp3) is 0.800. The number of hydrogen-bond acceptors (Lipinski definition) is 2. The van der Waals surface area contributed by atoms with Crippen molar-refractivity contribution in [3.05, 3.63) is 0 Å². The normalized spacial score (nSPS) is 12.9. The van der Waals surface area contributed by atoms with E-state index < -0.39 is 12.1 Å². The van der Waals surface area contributed by atoms with Crippen molar-refractivity contribution < 1.29 is 14.6 Å². The summed E-state index contributed by atoms with van der Waals surface area (Å²) in [5.74, 6) is -0.674. The van der Waals surface area contributed by atoms with Crippen molar-refractivity contribution in [3.8, 4) is 0 Å². The third-order valence-corrected chi connectivity index (χ3v) is 0.835. The predicted molar refractivity (Wildman–Crippen MR) is 26.8 cm³/mol. The number of methoxy groups -OCH3 is 1. The van der Waals surface area contributed by atoms with Gasteiger partial charge in [-0.15, -0.1) is 0 Å². The Balaban J connectivity index is 3.46. The molecule has 0 aromatic carbocycles. The first kappa shape index (κ1) is 7.43. The molecule has 0 rings (SSSR count). The van der Waals surface area contributed by atoms with Crippen LogP contribution in [0.1, 0.15) is 13.3 Å². The average Bonchev–Trinajstić information content (AvgIpc) is 1.84. The van der Waals surface area contributed by atoms with E-state index in [1.165, 1.54) is 7.11 Å². The molecule has 1 atom stereocenters. The van der Waals surface area contributed by atoms with Gasteiger partial charge in [0.25, 0.3) is 0 Å². The fourth-order valence-electron chi connectivity index (χ4n) is 0.298. The van der Waals surface area contributed by atoms with Crippen LogP contribution in [0.2, 0.25) is 0 Å². The summed E-state index contributed by atoms with van der Waals surface area (Å²) in [5.41, 5.74) is 0. The Kier molecular flexibility index (Phi) is 3.19. The van der Waals surface area contributed by atoms with Gasteiger partial charge in [0.15, 0.2) is 6.10 Å². The van der Waals surface area contributed by atoms with E-state index >= 15 is 0 Å². The van der Waals surface area contributed by atoms with Crippen molar-refractivity contribution in [1.82, 2.24) is 0 Å². The van der Waals surface area contributed by atoms with Crippen molar-refractivity contribution in [2.75, 3.05) is 7.11 Å². The van der Waals surface area contributed by atoms with Gasteiger partial charge in [0.05, 0.1) is 7.11 Å². The van der Waals surface area contributed by atoms with E-state index in [4.69, 9.17) is 0 Å². The summed E-state index contributed by atoms with van der Waals surface area (Å²) in [7, 11) is 1.21. The summed E-state index contributed by atoms with van der Waals surface area (Å²) >= 11 is 0. The van der Waals surface area contributed by atoms with Crippen molar-refractivity contribution in [1.29, 1.82) is 0 Å². The Bertz CT molecular complexity index is 79.7. The number of ether oxygens (including phenoxy) is 1. The van der Waals surface area contributed by atoms with Crippen LogP contribution in [0, 0.1) is 0 Å². The minimum absolute atomic E-state index is 0.298. The first-order valence-corrected chi connectivity index (χ1v) is 2.46. The van der Waals surface area contributed by atoms with Gasteiger partial charge in [-0.2, -0.15) is 0 Å². The number of carbonyl (C=O) groups is 1. The van der Waals surface area contributed by atoms with Gasteiger partial charge >= 0.3 is 5.97 Å². The zero-order chi connectivity index (χ0) is 6.57. The van der Waals surface area contributed by atoms with E-state index in [0.717, 1.165) is 0 Å². The highest BCUT2D eigenvalue weighted by Crippen LogP contribution is 1.91. The van der Waals surface area contributed by atoms with Crippen LogP contribution in [0.4, 0.5) is 0 Å². The molecule has 0 saturated carbocycles. The summed E-state index contributed by atoms with van der Waals surface area (Å²) in [4.78, 5) is 10.2. The lowest BCUT2D eigenvalue weighted by Crippen LogP contribution is -2.18. The summed E-state index contributed by atoms with van der Waals surface area (Å²) in [6, 6.07) is 0. The lowest BCUT2D eigenvalue weighted by molar-refractivity contribution is -0.154. The monoisotopic (exact) mass is 117 g/mol. The second kappa shape index (κ2) is 3.43. The van der Waals surface area contributed by atoms with Crippen LogP contribution in [0.5, 0.6) is 0 Å². The van der Waals surface area contributed by atoms with Crippen LogP contribution < -0.4 is 0 Å². The Morgan fingerprint density at radius 1 is 1.75 bits per heavy atom. The minimum Gasteiger partial charge on any atom is -0.467 e. The predicted octanol–water partition coefficient (Wildman–Crippen LogP) is 0.368. The summed E-state index contributed by atoms with van der Waals surface area (Å²) in [6.45, 7) is 1.65. The highest BCUT2D eigenvalue weighted by atomic mass is 16.5. The van der Waals surface area contributed by atoms with Gasteiger partial charge in [-0.3, -0.25) is 0 Å². The quantitative estimate of drug-likeness (QED) is 0.490. The molecule has 0 aromatic heterocycles. The largest absolute Gasteiger partial charge is 0.467 e. The van der Waals surface area contributed by atoms with E-state index in [-0.39, 0.29) is 0 Å². The first-order valence-electron chi connectivity index (χ1n) is 2.46. The topological polar surface area (TPSA) is 46.2 Å². The molecule has 0 aliphatic rings. The SMILES string of the molecule is CCC([O])C(=O)OC. The fourth-order valence-corrected chi connectivity index (χ4v) is 0.298. The van der Waals surface area contributed by atoms with Crippen molar-refractivity contribution in [3.63, 3.8) is 0 Å². The molecule has 0 spiro atoms. The van der Waals surface area contributed by atoms with Crippen molar-refractivity contribution >= 4 is 5.97 Å². The minimum atomic E-state index is -1.19. The number of esters is 1. The van der Waals surface area contributed by atoms with Gasteiger partial charge < -0.3 is 4.74 Å². The molecule has 0 heterocycles. The number of rotatable bonds is 2. The zero-order valence-electron chi connectivity index (χ0n) is 5.01. The molecule has 3 heteroatoms. The van der Waals surface area contributed by atoms with Crippen molar-refractivity contribution in [2.24, 2.45) is 0 Å². The lowest BCUT2D eigenvalue weighted by Gasteiger charge is -1.99. The molecule has 1 radical (unpaired) electrons. The Morgan fingerprint density at radius 3 is 2.38 bits per heavy atom. The maximum Gasteiger partial charge on any atom is 0.338 e. The molecule has 0 N–H and O–H groups in total. The van der Waals surface area contributed by atoms with Gasteiger partial charge in [-0.1, -0.05) is 6.92 Å². The summed E-state index contributed by atoms with van der Waals surface area (Å²) in [6.07, 6.45) is -0.896. The van der Waals surface area contributed by atoms with Gasteiger partial charge in [0.1, 0.15) is 0 Å². The van der Waals surface area contributed by atoms with E-state index in [2.05, 4.69) is 4.74 Å². The molecular formula is C5H9O3. The molecule has 0 bridgehead atoms. The van der Waals surface area contributed by atoms with Gasteiger partial charge in [0, 0.05) is 0 Å². The highest BCUT2D eigenvalue weighted by molar-refractivity contribution is 5.73. The van der Waals surface area contributed by atoms with Crippen LogP contribution in [0.15, 0.2) is 0 Å². The molecule has 0 aromatic rings. The van der Waals surface area contributed by atoms with Gasteiger partial charge in [0.2, 0.25) is 0 Å². The summed E-state index contributed by atoms with van der Waals surface area (Å²) < 4.78 is 4.15. The second-order valence-corrected chi connectivity index (χ2v) is 1.42. The zero-order valence-corrected chi connectivity index (χ0v) is 5.01. The number of hydrogen-bond donors (Lipinski definition) is 0. The van der Waals surface area contributed by atoms with Crippen LogP contribution in [-0.4, -0.2) is 19.2 Å². The maximum absolute atomic E-state index is 10.4. The third kappa shape index (κ3) is 1.93. The molecule has 0 fully saturated rings. The molecule has 8 heavy (non-hydrogen) atoms. The maximum atomic E-state index is 10.4. The highest BCUT2D eigenvalue weighted by Gasteiger charge is 2.13. The molecule has 3 nitrogen and oxygen atoms in total. The third-order valence-electron chi connectivity index (χ3n) is 0.835. The van der Waals surface area contributed by atoms with Gasteiger partial charge in [-0.05, 0) is 6.42 Å². The molecule has 1 unspecified atom stereocenters. The Hall–Kier alpha value is -0.570.